The molecule has 0 aliphatic heterocycles. The first-order chi connectivity index (χ1) is 9.43. The molecular weight excluding hydrogens is 256 g/mol. The lowest BCUT2D eigenvalue weighted by molar-refractivity contribution is 0.0815. The van der Waals surface area contributed by atoms with E-state index in [1.54, 1.807) is 64.8 Å². The number of amides is 2. The maximum absolute atomic E-state index is 11.1. The second-order valence-corrected chi connectivity index (χ2v) is 4.57. The topological polar surface area (TPSA) is 72.2 Å². The van der Waals surface area contributed by atoms with Crippen LogP contribution in [0.3, 0.4) is 0 Å². The number of nitrogens with one attached hydrogen (secondary N) is 2. The molecule has 2 aromatic heterocycles. The smallest absolute Gasteiger partial charge is 0.269 e. The van der Waals surface area contributed by atoms with Crippen molar-refractivity contribution in [1.82, 2.24) is 19.8 Å². The summed E-state index contributed by atoms with van der Waals surface area (Å²) in [5, 5.41) is 0. The van der Waals surface area contributed by atoms with Gasteiger partial charge in [-0.3, -0.25) is 9.59 Å². The zero-order chi connectivity index (χ0) is 15.1. The Kier molecular flexibility index (Phi) is 5.58. The van der Waals surface area contributed by atoms with Gasteiger partial charge in [-0.15, -0.1) is 0 Å². The van der Waals surface area contributed by atoms with Gasteiger partial charge in [0, 0.05) is 40.6 Å². The van der Waals surface area contributed by atoms with Gasteiger partial charge < -0.3 is 19.8 Å². The molecule has 2 N–H and O–H groups in total. The molecule has 2 rings (SSSR count). The standard InChI is InChI=1S/2C7H10N2O/c2*1-9(2)7(10)6-4-3-5-8-6/h2*3-5,8H,1-2H3. The molecule has 0 aromatic carbocycles. The van der Waals surface area contributed by atoms with Crippen LogP contribution in [0.15, 0.2) is 36.7 Å². The number of carbonyl (C=O) groups is 2. The summed E-state index contributed by atoms with van der Waals surface area (Å²) in [6.07, 6.45) is 3.47. The van der Waals surface area contributed by atoms with Crippen LogP contribution in [0.2, 0.25) is 0 Å². The van der Waals surface area contributed by atoms with E-state index in [9.17, 15) is 9.59 Å². The zero-order valence-corrected chi connectivity index (χ0v) is 12.2. The minimum atomic E-state index is 0.00463. The molecule has 0 saturated carbocycles. The number of hydrogen-bond acceptors (Lipinski definition) is 2. The van der Waals surface area contributed by atoms with Crippen LogP contribution in [0.5, 0.6) is 0 Å². The fourth-order valence-corrected chi connectivity index (χ4v) is 1.41. The van der Waals surface area contributed by atoms with Gasteiger partial charge in [-0.2, -0.15) is 0 Å². The number of nitrogens with zero attached hydrogens (tertiary/aromatic N) is 2. The molecule has 0 radical (unpaired) electrons. The largest absolute Gasteiger partial charge is 0.357 e. The molecule has 2 heterocycles. The molecule has 0 spiro atoms. The van der Waals surface area contributed by atoms with Gasteiger partial charge >= 0.3 is 0 Å². The highest BCUT2D eigenvalue weighted by Gasteiger charge is 2.06. The zero-order valence-electron chi connectivity index (χ0n) is 12.2. The van der Waals surface area contributed by atoms with Gasteiger partial charge in [0.1, 0.15) is 11.4 Å². The Labute approximate surface area is 118 Å². The number of aromatic amines is 2. The molecular formula is C14H20N4O2. The Morgan fingerprint density at radius 2 is 1.15 bits per heavy atom. The molecule has 2 amide bonds. The van der Waals surface area contributed by atoms with Crippen LogP contribution < -0.4 is 0 Å². The predicted octanol–water partition coefficient (Wildman–Crippen LogP) is 1.43. The van der Waals surface area contributed by atoms with E-state index >= 15 is 0 Å². The second-order valence-electron chi connectivity index (χ2n) is 4.57. The Balaban J connectivity index is 0.000000200. The van der Waals surface area contributed by atoms with Crippen molar-refractivity contribution in [3.8, 4) is 0 Å². The minimum absolute atomic E-state index is 0.00463. The number of rotatable bonds is 2. The Hall–Kier alpha value is -2.50. The van der Waals surface area contributed by atoms with E-state index in [0.717, 1.165) is 0 Å². The molecule has 0 aliphatic rings. The number of hydrogen-bond donors (Lipinski definition) is 2. The Morgan fingerprint density at radius 1 is 0.800 bits per heavy atom. The van der Waals surface area contributed by atoms with Crippen LogP contribution in [-0.4, -0.2) is 59.8 Å². The molecule has 6 nitrogen and oxygen atoms in total. The summed E-state index contributed by atoms with van der Waals surface area (Å²) in [4.78, 5) is 30.9. The van der Waals surface area contributed by atoms with Gasteiger partial charge in [-0.1, -0.05) is 0 Å². The second kappa shape index (κ2) is 7.18. The molecule has 6 heteroatoms. The number of aromatic nitrogens is 2. The summed E-state index contributed by atoms with van der Waals surface area (Å²) >= 11 is 0. The lowest BCUT2D eigenvalue weighted by atomic mass is 10.4. The van der Waals surface area contributed by atoms with Crippen molar-refractivity contribution in [2.75, 3.05) is 28.2 Å². The van der Waals surface area contributed by atoms with Crippen molar-refractivity contribution in [2.45, 2.75) is 0 Å². The van der Waals surface area contributed by atoms with Crippen molar-refractivity contribution in [3.63, 3.8) is 0 Å². The minimum Gasteiger partial charge on any atom is -0.357 e. The van der Waals surface area contributed by atoms with E-state index < -0.39 is 0 Å². The quantitative estimate of drug-likeness (QED) is 0.871. The fraction of sp³-hybridized carbons (Fsp3) is 0.286. The molecule has 0 aliphatic carbocycles. The average molecular weight is 276 g/mol. The molecule has 2 aromatic rings. The van der Waals surface area contributed by atoms with Gasteiger partial charge in [0.05, 0.1) is 0 Å². The van der Waals surface area contributed by atoms with Crippen LogP contribution in [0.25, 0.3) is 0 Å². The van der Waals surface area contributed by atoms with Gasteiger partial charge in [0.2, 0.25) is 0 Å². The monoisotopic (exact) mass is 276 g/mol. The first kappa shape index (κ1) is 15.6. The molecule has 0 unspecified atom stereocenters. The van der Waals surface area contributed by atoms with Gasteiger partial charge in [-0.25, -0.2) is 0 Å². The Bertz CT molecular complexity index is 477. The number of carbonyl (C=O) groups excluding carboxylic acids is 2. The van der Waals surface area contributed by atoms with Gasteiger partial charge in [-0.05, 0) is 24.3 Å². The summed E-state index contributed by atoms with van der Waals surface area (Å²) in [5.74, 6) is 0.00926. The number of H-pyrrole nitrogens is 2. The van der Waals surface area contributed by atoms with E-state index in [2.05, 4.69) is 9.97 Å². The fourth-order valence-electron chi connectivity index (χ4n) is 1.41. The van der Waals surface area contributed by atoms with Gasteiger partial charge in [0.15, 0.2) is 0 Å². The molecule has 0 bridgehead atoms. The summed E-state index contributed by atoms with van der Waals surface area (Å²) < 4.78 is 0. The third-order valence-corrected chi connectivity index (χ3v) is 2.47. The van der Waals surface area contributed by atoms with Crippen LogP contribution in [-0.2, 0) is 0 Å². The van der Waals surface area contributed by atoms with E-state index in [0.29, 0.717) is 11.4 Å². The highest BCUT2D eigenvalue weighted by Crippen LogP contribution is 1.97. The van der Waals surface area contributed by atoms with Crippen LogP contribution in [0.1, 0.15) is 21.0 Å². The summed E-state index contributed by atoms with van der Waals surface area (Å²) in [6, 6.07) is 7.11. The first-order valence-corrected chi connectivity index (χ1v) is 6.13. The molecule has 108 valence electrons. The molecule has 0 fully saturated rings. The van der Waals surface area contributed by atoms with Crippen molar-refractivity contribution in [2.24, 2.45) is 0 Å². The third kappa shape index (κ3) is 4.31. The van der Waals surface area contributed by atoms with E-state index in [-0.39, 0.29) is 11.8 Å². The highest BCUT2D eigenvalue weighted by atomic mass is 16.2. The van der Waals surface area contributed by atoms with Crippen molar-refractivity contribution < 1.29 is 9.59 Å². The highest BCUT2D eigenvalue weighted by molar-refractivity contribution is 5.92. The third-order valence-electron chi connectivity index (χ3n) is 2.47. The molecule has 0 saturated heterocycles. The summed E-state index contributed by atoms with van der Waals surface area (Å²) in [6.45, 7) is 0. The summed E-state index contributed by atoms with van der Waals surface area (Å²) in [7, 11) is 6.90. The van der Waals surface area contributed by atoms with Crippen LogP contribution in [0, 0.1) is 0 Å². The van der Waals surface area contributed by atoms with E-state index in [1.165, 1.54) is 9.80 Å². The van der Waals surface area contributed by atoms with Crippen molar-refractivity contribution >= 4 is 11.8 Å². The van der Waals surface area contributed by atoms with Crippen molar-refractivity contribution in [3.05, 3.63) is 48.0 Å². The average Bonchev–Trinajstić information content (AvgIpc) is 3.10. The molecule has 0 atom stereocenters. The summed E-state index contributed by atoms with van der Waals surface area (Å²) in [5.41, 5.74) is 1.26. The van der Waals surface area contributed by atoms with Crippen LogP contribution in [0.4, 0.5) is 0 Å². The lowest BCUT2D eigenvalue weighted by Crippen LogP contribution is -2.21. The van der Waals surface area contributed by atoms with E-state index in [4.69, 9.17) is 0 Å². The van der Waals surface area contributed by atoms with E-state index in [1.807, 2.05) is 0 Å². The maximum atomic E-state index is 11.1. The first-order valence-electron chi connectivity index (χ1n) is 6.13. The normalized spacial score (nSPS) is 9.40. The lowest BCUT2D eigenvalue weighted by Gasteiger charge is -2.07. The maximum Gasteiger partial charge on any atom is 0.269 e. The Morgan fingerprint density at radius 3 is 1.35 bits per heavy atom. The van der Waals surface area contributed by atoms with Crippen molar-refractivity contribution in [1.29, 1.82) is 0 Å². The molecule has 20 heavy (non-hydrogen) atoms. The van der Waals surface area contributed by atoms with Crippen LogP contribution >= 0.6 is 0 Å². The predicted molar refractivity (Wildman–Crippen MR) is 77.6 cm³/mol. The van der Waals surface area contributed by atoms with Gasteiger partial charge in [0.25, 0.3) is 11.8 Å². The SMILES string of the molecule is CN(C)C(=O)c1ccc[nH]1.CN(C)C(=O)c1ccc[nH]1.